The Morgan fingerprint density at radius 3 is 2.35 bits per heavy atom. The quantitative estimate of drug-likeness (QED) is 0.253. The van der Waals surface area contributed by atoms with Gasteiger partial charge in [-0.2, -0.15) is 0 Å². The van der Waals surface area contributed by atoms with Gasteiger partial charge in [0.15, 0.2) is 0 Å². The molecule has 0 aliphatic rings. The van der Waals surface area contributed by atoms with Gasteiger partial charge in [-0.1, -0.05) is 48.5 Å². The third kappa shape index (κ3) is 7.12. The zero-order chi connectivity index (χ0) is 24.6. The van der Waals surface area contributed by atoms with Gasteiger partial charge in [-0.25, -0.2) is 8.42 Å². The van der Waals surface area contributed by atoms with Crippen molar-refractivity contribution in [3.63, 3.8) is 0 Å². The van der Waals surface area contributed by atoms with Crippen molar-refractivity contribution in [3.05, 3.63) is 106 Å². The van der Waals surface area contributed by atoms with Crippen LogP contribution in [0.3, 0.4) is 0 Å². The van der Waals surface area contributed by atoms with Gasteiger partial charge in [0.2, 0.25) is 10.0 Å². The molecule has 3 rings (SSSR count). The molecular weight excluding hydrogens is 458 g/mol. The van der Waals surface area contributed by atoms with Crippen LogP contribution in [0, 0.1) is 10.1 Å². The van der Waals surface area contributed by atoms with E-state index < -0.39 is 14.9 Å². The zero-order valence-corrected chi connectivity index (χ0v) is 19.4. The molecule has 3 aromatic rings. The highest BCUT2D eigenvalue weighted by atomic mass is 32.2. The van der Waals surface area contributed by atoms with Crippen molar-refractivity contribution < 1.29 is 22.9 Å². The lowest BCUT2D eigenvalue weighted by molar-refractivity contribution is -0.384. The lowest BCUT2D eigenvalue weighted by Crippen LogP contribution is -2.29. The highest BCUT2D eigenvalue weighted by Gasteiger charge is 2.20. The van der Waals surface area contributed by atoms with Gasteiger partial charge < -0.3 is 10.1 Å². The van der Waals surface area contributed by atoms with Crippen LogP contribution in [-0.2, 0) is 27.9 Å². The smallest absolute Gasteiger partial charge is 0.271 e. The number of sulfonamides is 1. The molecule has 1 N–H and O–H groups in total. The SMILES string of the molecule is CS(=O)(=O)N(Cc1ccc(C(=O)NCCOCc2ccccc2)cc1)c1cccc([N+](=O)[O-])c1. The molecule has 0 fully saturated rings. The van der Waals surface area contributed by atoms with E-state index in [-0.39, 0.29) is 23.8 Å². The van der Waals surface area contributed by atoms with Gasteiger partial charge in [-0.05, 0) is 29.3 Å². The van der Waals surface area contributed by atoms with Gasteiger partial charge in [0, 0.05) is 24.2 Å². The Morgan fingerprint density at radius 1 is 1.00 bits per heavy atom. The number of nitrogens with zero attached hydrogens (tertiary/aromatic N) is 2. The van der Waals surface area contributed by atoms with E-state index in [0.29, 0.717) is 30.9 Å². The molecule has 0 saturated carbocycles. The van der Waals surface area contributed by atoms with Crippen LogP contribution in [0.5, 0.6) is 0 Å². The summed E-state index contributed by atoms with van der Waals surface area (Å²) in [5.41, 5.74) is 2.09. The fraction of sp³-hybridized carbons (Fsp3) is 0.208. The first kappa shape index (κ1) is 24.9. The Labute approximate surface area is 198 Å². The van der Waals surface area contributed by atoms with Crippen LogP contribution in [0.1, 0.15) is 21.5 Å². The number of nitro groups is 1. The number of carbonyl (C=O) groups is 1. The standard InChI is InChI=1S/C24H25N3O6S/c1-34(31,32)26(22-8-5-9-23(16-22)27(29)30)17-19-10-12-21(13-11-19)24(28)25-14-15-33-18-20-6-3-2-4-7-20/h2-13,16H,14-15,17-18H2,1H3,(H,25,28). The Bertz CT molecular complexity index is 1230. The van der Waals surface area contributed by atoms with Gasteiger partial charge in [-0.3, -0.25) is 19.2 Å². The first-order valence-corrected chi connectivity index (χ1v) is 12.3. The summed E-state index contributed by atoms with van der Waals surface area (Å²) in [5, 5.41) is 13.8. The number of nitro benzene ring substituents is 1. The maximum Gasteiger partial charge on any atom is 0.271 e. The highest BCUT2D eigenvalue weighted by Crippen LogP contribution is 2.25. The molecule has 1 amide bonds. The molecule has 3 aromatic carbocycles. The fourth-order valence-electron chi connectivity index (χ4n) is 3.19. The molecule has 9 nitrogen and oxygen atoms in total. The molecule has 34 heavy (non-hydrogen) atoms. The first-order chi connectivity index (χ1) is 16.2. The Balaban J connectivity index is 1.57. The number of ether oxygens (including phenoxy) is 1. The van der Waals surface area contributed by atoms with Crippen molar-refractivity contribution in [1.82, 2.24) is 5.32 Å². The number of amides is 1. The highest BCUT2D eigenvalue weighted by molar-refractivity contribution is 7.92. The number of nitrogens with one attached hydrogen (secondary N) is 1. The number of carbonyl (C=O) groups excluding carboxylic acids is 1. The van der Waals surface area contributed by atoms with E-state index in [1.54, 1.807) is 24.3 Å². The topological polar surface area (TPSA) is 119 Å². The van der Waals surface area contributed by atoms with Crippen molar-refractivity contribution in [1.29, 1.82) is 0 Å². The van der Waals surface area contributed by atoms with E-state index >= 15 is 0 Å². The van der Waals surface area contributed by atoms with Crippen molar-refractivity contribution in [3.8, 4) is 0 Å². The largest absolute Gasteiger partial charge is 0.375 e. The summed E-state index contributed by atoms with van der Waals surface area (Å²) in [7, 11) is -3.71. The summed E-state index contributed by atoms with van der Waals surface area (Å²) in [6, 6.07) is 21.7. The van der Waals surface area contributed by atoms with Crippen molar-refractivity contribution >= 4 is 27.3 Å². The van der Waals surface area contributed by atoms with E-state index in [4.69, 9.17) is 4.74 Å². The Kier molecular flexibility index (Phi) is 8.34. The monoisotopic (exact) mass is 483 g/mol. The lowest BCUT2D eigenvalue weighted by atomic mass is 10.1. The summed E-state index contributed by atoms with van der Waals surface area (Å²) in [5.74, 6) is -0.270. The van der Waals surface area contributed by atoms with Crippen LogP contribution in [0.15, 0.2) is 78.9 Å². The maximum absolute atomic E-state index is 12.4. The molecule has 0 radical (unpaired) electrons. The summed E-state index contributed by atoms with van der Waals surface area (Å²) < 4.78 is 31.3. The Morgan fingerprint density at radius 2 is 1.71 bits per heavy atom. The zero-order valence-electron chi connectivity index (χ0n) is 18.6. The molecule has 0 atom stereocenters. The summed E-state index contributed by atoms with van der Waals surface area (Å²) in [6.45, 7) is 1.15. The Hall–Kier alpha value is -3.76. The average molecular weight is 484 g/mol. The fourth-order valence-corrected chi connectivity index (χ4v) is 4.07. The third-order valence-corrected chi connectivity index (χ3v) is 6.06. The van der Waals surface area contributed by atoms with E-state index in [1.165, 1.54) is 24.3 Å². The lowest BCUT2D eigenvalue weighted by Gasteiger charge is -2.22. The molecule has 0 aromatic heterocycles. The number of benzene rings is 3. The molecule has 0 bridgehead atoms. The van der Waals surface area contributed by atoms with E-state index in [2.05, 4.69) is 5.32 Å². The minimum atomic E-state index is -3.71. The molecule has 0 heterocycles. The second-order valence-electron chi connectivity index (χ2n) is 7.54. The second-order valence-corrected chi connectivity index (χ2v) is 9.44. The summed E-state index contributed by atoms with van der Waals surface area (Å²) in [4.78, 5) is 22.8. The number of rotatable bonds is 11. The molecule has 0 saturated heterocycles. The molecule has 178 valence electrons. The number of hydrogen-bond donors (Lipinski definition) is 1. The minimum absolute atomic E-state index is 0.0325. The molecule has 0 aliphatic heterocycles. The van der Waals surface area contributed by atoms with Gasteiger partial charge in [0.1, 0.15) is 0 Å². The van der Waals surface area contributed by atoms with Crippen LogP contribution in [0.4, 0.5) is 11.4 Å². The molecular formula is C24H25N3O6S. The van der Waals surface area contributed by atoms with Crippen molar-refractivity contribution in [2.24, 2.45) is 0 Å². The first-order valence-electron chi connectivity index (χ1n) is 10.4. The third-order valence-electron chi connectivity index (χ3n) is 4.91. The molecule has 10 heteroatoms. The van der Waals surface area contributed by atoms with Gasteiger partial charge in [0.25, 0.3) is 11.6 Å². The van der Waals surface area contributed by atoms with Crippen molar-refractivity contribution in [2.45, 2.75) is 13.2 Å². The predicted molar refractivity (Wildman–Crippen MR) is 129 cm³/mol. The number of non-ortho nitro benzene ring substituents is 1. The summed E-state index contributed by atoms with van der Waals surface area (Å²) >= 11 is 0. The van der Waals surface area contributed by atoms with E-state index in [9.17, 15) is 23.3 Å². The van der Waals surface area contributed by atoms with E-state index in [0.717, 1.165) is 16.1 Å². The molecule has 0 unspecified atom stereocenters. The summed E-state index contributed by atoms with van der Waals surface area (Å²) in [6.07, 6.45) is 1.04. The van der Waals surface area contributed by atoms with Crippen molar-refractivity contribution in [2.75, 3.05) is 23.7 Å². The van der Waals surface area contributed by atoms with Gasteiger partial charge in [0.05, 0.1) is 36.6 Å². The van der Waals surface area contributed by atoms with Gasteiger partial charge in [-0.15, -0.1) is 0 Å². The maximum atomic E-state index is 12.4. The van der Waals surface area contributed by atoms with Crippen LogP contribution in [-0.4, -0.2) is 38.7 Å². The average Bonchev–Trinajstić information content (AvgIpc) is 2.82. The predicted octanol–water partition coefficient (Wildman–Crippen LogP) is 3.51. The van der Waals surface area contributed by atoms with Crippen LogP contribution < -0.4 is 9.62 Å². The number of anilines is 1. The van der Waals surface area contributed by atoms with E-state index in [1.807, 2.05) is 30.3 Å². The number of hydrogen-bond acceptors (Lipinski definition) is 6. The van der Waals surface area contributed by atoms with Gasteiger partial charge >= 0.3 is 0 Å². The molecule has 0 aliphatic carbocycles. The van der Waals surface area contributed by atoms with Crippen LogP contribution in [0.25, 0.3) is 0 Å². The van der Waals surface area contributed by atoms with Crippen LogP contribution in [0.2, 0.25) is 0 Å². The normalized spacial score (nSPS) is 11.1. The minimum Gasteiger partial charge on any atom is -0.375 e. The second kappa shape index (κ2) is 11.4. The van der Waals surface area contributed by atoms with Crippen LogP contribution >= 0.6 is 0 Å². The molecule has 0 spiro atoms.